The number of nitrogens with zero attached hydrogens (tertiary/aromatic N) is 3. The molecule has 2 heterocycles. The van der Waals surface area contributed by atoms with Gasteiger partial charge >= 0.3 is 0 Å². The molecule has 0 radical (unpaired) electrons. The summed E-state index contributed by atoms with van der Waals surface area (Å²) in [5.74, 6) is 0. The maximum absolute atomic E-state index is 4.57. The lowest BCUT2D eigenvalue weighted by Gasteiger charge is -2.01. The van der Waals surface area contributed by atoms with E-state index in [1.165, 1.54) is 10.3 Å². The second-order valence-electron chi connectivity index (χ2n) is 4.49. The van der Waals surface area contributed by atoms with E-state index in [1.807, 2.05) is 6.92 Å². The van der Waals surface area contributed by atoms with E-state index in [2.05, 4.69) is 45.4 Å². The molecule has 0 aliphatic heterocycles. The van der Waals surface area contributed by atoms with E-state index < -0.39 is 0 Å². The number of fused-ring (bicyclic) bond motifs is 1. The van der Waals surface area contributed by atoms with Crippen molar-refractivity contribution >= 4 is 26.7 Å². The van der Waals surface area contributed by atoms with Gasteiger partial charge < -0.3 is 5.32 Å². The molecule has 1 N–H and O–H groups in total. The first-order valence-corrected chi connectivity index (χ1v) is 6.91. The maximum atomic E-state index is 4.57. The third kappa shape index (κ3) is 2.71. The zero-order valence-electron chi connectivity index (χ0n) is 10.8. The molecule has 1 aromatic carbocycles. The van der Waals surface area contributed by atoms with Gasteiger partial charge in [-0.1, -0.05) is 17.4 Å². The molecule has 0 unspecified atom stereocenters. The van der Waals surface area contributed by atoms with Crippen LogP contribution in [0.1, 0.15) is 17.0 Å². The predicted octanol–water partition coefficient (Wildman–Crippen LogP) is 3.32. The summed E-state index contributed by atoms with van der Waals surface area (Å²) >= 11 is 1.66. The first-order valence-electron chi connectivity index (χ1n) is 6.09. The maximum Gasteiger partial charge on any atom is 0.184 e. The molecule has 4 nitrogen and oxygen atoms in total. The lowest BCUT2D eigenvalue weighted by Crippen LogP contribution is -2.02. The van der Waals surface area contributed by atoms with Crippen molar-refractivity contribution in [2.24, 2.45) is 0 Å². The highest BCUT2D eigenvalue weighted by atomic mass is 32.1. The van der Waals surface area contributed by atoms with E-state index in [9.17, 15) is 0 Å². The minimum absolute atomic E-state index is 0.645. The van der Waals surface area contributed by atoms with E-state index in [0.29, 0.717) is 6.54 Å². The molecule has 0 aliphatic rings. The van der Waals surface area contributed by atoms with Gasteiger partial charge in [0.25, 0.3) is 0 Å². The topological polar surface area (TPSA) is 50.7 Å². The molecule has 5 heteroatoms. The zero-order valence-corrected chi connectivity index (χ0v) is 11.7. The van der Waals surface area contributed by atoms with Crippen LogP contribution in [0, 0.1) is 13.8 Å². The average molecular weight is 270 g/mol. The summed E-state index contributed by atoms with van der Waals surface area (Å²) in [5, 5.41) is 4.21. The van der Waals surface area contributed by atoms with Crippen LogP contribution in [0.4, 0.5) is 5.13 Å². The van der Waals surface area contributed by atoms with E-state index in [1.54, 1.807) is 23.7 Å². The third-order valence-electron chi connectivity index (χ3n) is 2.80. The molecular formula is C14H14N4S. The standard InChI is InChI=1S/C14H14N4S/c1-9-3-4-13-12(5-9)18-14(19-13)17-8-11-7-15-10(2)6-16-11/h3-7H,8H2,1-2H3,(H,17,18). The number of benzene rings is 1. The fourth-order valence-corrected chi connectivity index (χ4v) is 2.63. The molecule has 0 amide bonds. The largest absolute Gasteiger partial charge is 0.356 e. The molecule has 3 rings (SSSR count). The van der Waals surface area contributed by atoms with Crippen molar-refractivity contribution in [3.63, 3.8) is 0 Å². The zero-order chi connectivity index (χ0) is 13.2. The van der Waals surface area contributed by atoms with Crippen molar-refractivity contribution in [2.45, 2.75) is 20.4 Å². The van der Waals surface area contributed by atoms with Crippen LogP contribution in [0.3, 0.4) is 0 Å². The molecule has 0 atom stereocenters. The van der Waals surface area contributed by atoms with Gasteiger partial charge in [0.05, 0.1) is 34.3 Å². The van der Waals surface area contributed by atoms with Gasteiger partial charge in [0.15, 0.2) is 5.13 Å². The Labute approximate surface area is 115 Å². The van der Waals surface area contributed by atoms with Crippen LogP contribution in [0.25, 0.3) is 10.2 Å². The minimum Gasteiger partial charge on any atom is -0.356 e. The third-order valence-corrected chi connectivity index (χ3v) is 3.79. The second kappa shape index (κ2) is 4.93. The molecule has 0 saturated carbocycles. The molecule has 19 heavy (non-hydrogen) atoms. The van der Waals surface area contributed by atoms with E-state index in [-0.39, 0.29) is 0 Å². The normalized spacial score (nSPS) is 10.8. The fourth-order valence-electron chi connectivity index (χ4n) is 1.79. The van der Waals surface area contributed by atoms with Gasteiger partial charge in [-0.15, -0.1) is 0 Å². The van der Waals surface area contributed by atoms with Gasteiger partial charge in [-0.25, -0.2) is 4.98 Å². The van der Waals surface area contributed by atoms with Crippen LogP contribution < -0.4 is 5.32 Å². The summed E-state index contributed by atoms with van der Waals surface area (Å²) in [6.07, 6.45) is 3.57. The Bertz CT molecular complexity index is 703. The molecule has 0 fully saturated rings. The van der Waals surface area contributed by atoms with Gasteiger partial charge in [0.2, 0.25) is 0 Å². The Hall–Kier alpha value is -2.01. The van der Waals surface area contributed by atoms with Crippen molar-refractivity contribution in [1.29, 1.82) is 0 Å². The summed E-state index contributed by atoms with van der Waals surface area (Å²) < 4.78 is 1.20. The Morgan fingerprint density at radius 1 is 1.16 bits per heavy atom. The van der Waals surface area contributed by atoms with Crippen molar-refractivity contribution in [3.8, 4) is 0 Å². The van der Waals surface area contributed by atoms with E-state index in [0.717, 1.165) is 22.0 Å². The van der Waals surface area contributed by atoms with Crippen LogP contribution >= 0.6 is 11.3 Å². The number of rotatable bonds is 3. The highest BCUT2D eigenvalue weighted by Gasteiger charge is 2.04. The highest BCUT2D eigenvalue weighted by molar-refractivity contribution is 7.22. The lowest BCUT2D eigenvalue weighted by molar-refractivity contribution is 0.983. The summed E-state index contributed by atoms with van der Waals surface area (Å²) in [5.41, 5.74) is 4.12. The predicted molar refractivity (Wildman–Crippen MR) is 78.5 cm³/mol. The van der Waals surface area contributed by atoms with Gasteiger partial charge in [-0.05, 0) is 31.5 Å². The van der Waals surface area contributed by atoms with Crippen LogP contribution in [-0.2, 0) is 6.54 Å². The minimum atomic E-state index is 0.645. The molecule has 0 spiro atoms. The van der Waals surface area contributed by atoms with Gasteiger partial charge in [0, 0.05) is 6.20 Å². The number of hydrogen-bond donors (Lipinski definition) is 1. The molecule has 0 bridgehead atoms. The van der Waals surface area contributed by atoms with E-state index >= 15 is 0 Å². The lowest BCUT2D eigenvalue weighted by atomic mass is 10.2. The second-order valence-corrected chi connectivity index (χ2v) is 5.52. The quantitative estimate of drug-likeness (QED) is 0.793. The summed E-state index contributed by atoms with van der Waals surface area (Å²) in [7, 11) is 0. The number of aromatic nitrogens is 3. The number of nitrogens with one attached hydrogen (secondary N) is 1. The first kappa shape index (κ1) is 12.0. The van der Waals surface area contributed by atoms with Crippen molar-refractivity contribution in [2.75, 3.05) is 5.32 Å². The smallest absolute Gasteiger partial charge is 0.184 e. The summed E-state index contributed by atoms with van der Waals surface area (Å²) in [6, 6.07) is 6.32. The van der Waals surface area contributed by atoms with Gasteiger partial charge in [-0.3, -0.25) is 9.97 Å². The highest BCUT2D eigenvalue weighted by Crippen LogP contribution is 2.26. The first-order chi connectivity index (χ1) is 9.20. The monoisotopic (exact) mass is 270 g/mol. The molecular weight excluding hydrogens is 256 g/mol. The SMILES string of the molecule is Cc1ccc2sc(NCc3cnc(C)cn3)nc2c1. The fraction of sp³-hybridized carbons (Fsp3) is 0.214. The van der Waals surface area contributed by atoms with Crippen LogP contribution in [-0.4, -0.2) is 15.0 Å². The molecule has 96 valence electrons. The van der Waals surface area contributed by atoms with Crippen LogP contribution in [0.15, 0.2) is 30.6 Å². The summed E-state index contributed by atoms with van der Waals surface area (Å²) in [4.78, 5) is 13.1. The van der Waals surface area contributed by atoms with Crippen molar-refractivity contribution in [3.05, 3.63) is 47.5 Å². The average Bonchev–Trinajstić information content (AvgIpc) is 2.80. The number of anilines is 1. The van der Waals surface area contributed by atoms with Gasteiger partial charge in [0.1, 0.15) is 0 Å². The number of thiazole rings is 1. The Kier molecular flexibility index (Phi) is 3.13. The van der Waals surface area contributed by atoms with Gasteiger partial charge in [-0.2, -0.15) is 0 Å². The number of aryl methyl sites for hydroxylation is 2. The van der Waals surface area contributed by atoms with Crippen molar-refractivity contribution in [1.82, 2.24) is 15.0 Å². The van der Waals surface area contributed by atoms with Crippen LogP contribution in [0.2, 0.25) is 0 Å². The molecule has 3 aromatic rings. The Morgan fingerprint density at radius 3 is 2.84 bits per heavy atom. The van der Waals surface area contributed by atoms with Crippen molar-refractivity contribution < 1.29 is 0 Å². The Balaban J connectivity index is 1.76. The molecule has 0 aliphatic carbocycles. The molecule has 2 aromatic heterocycles. The van der Waals surface area contributed by atoms with E-state index in [4.69, 9.17) is 0 Å². The molecule has 0 saturated heterocycles. The summed E-state index contributed by atoms with van der Waals surface area (Å²) in [6.45, 7) is 4.65. The number of hydrogen-bond acceptors (Lipinski definition) is 5. The van der Waals surface area contributed by atoms with Crippen LogP contribution in [0.5, 0.6) is 0 Å². The Morgan fingerprint density at radius 2 is 2.05 bits per heavy atom.